The van der Waals surface area contributed by atoms with Gasteiger partial charge in [0, 0.05) is 11.6 Å². The number of aliphatic hydroxyl groups is 1. The van der Waals surface area contributed by atoms with Crippen LogP contribution in [0.5, 0.6) is 0 Å². The lowest BCUT2D eigenvalue weighted by atomic mass is 9.79. The summed E-state index contributed by atoms with van der Waals surface area (Å²) in [5, 5.41) is 18.1. The molecular formula is C15H26BrN3O. The summed E-state index contributed by atoms with van der Waals surface area (Å²) in [6, 6.07) is 0.750. The predicted molar refractivity (Wildman–Crippen MR) is 85.0 cm³/mol. The van der Waals surface area contributed by atoms with Gasteiger partial charge in [0.05, 0.1) is 28.5 Å². The Kier molecular flexibility index (Phi) is 4.92. The van der Waals surface area contributed by atoms with E-state index < -0.39 is 0 Å². The second kappa shape index (κ2) is 6.16. The molecular weight excluding hydrogens is 318 g/mol. The van der Waals surface area contributed by atoms with Crippen LogP contribution in [0.2, 0.25) is 0 Å². The summed E-state index contributed by atoms with van der Waals surface area (Å²) in [6.45, 7) is 8.61. The zero-order chi connectivity index (χ0) is 14.9. The molecule has 1 heterocycles. The average Bonchev–Trinajstić information content (AvgIpc) is 2.66. The molecule has 1 aliphatic carbocycles. The van der Waals surface area contributed by atoms with E-state index in [4.69, 9.17) is 0 Å². The van der Waals surface area contributed by atoms with Crippen molar-refractivity contribution in [3.8, 4) is 0 Å². The van der Waals surface area contributed by atoms with E-state index in [9.17, 15) is 5.11 Å². The first-order chi connectivity index (χ1) is 9.38. The first-order valence-electron chi connectivity index (χ1n) is 7.48. The van der Waals surface area contributed by atoms with Gasteiger partial charge < -0.3 is 10.4 Å². The first kappa shape index (κ1) is 16.0. The van der Waals surface area contributed by atoms with E-state index in [1.807, 2.05) is 6.92 Å². The Morgan fingerprint density at radius 3 is 2.70 bits per heavy atom. The van der Waals surface area contributed by atoms with Gasteiger partial charge in [0.15, 0.2) is 0 Å². The Balaban J connectivity index is 2.23. The second-order valence-corrected chi connectivity index (χ2v) is 7.21. The molecule has 1 aromatic heterocycles. The summed E-state index contributed by atoms with van der Waals surface area (Å²) in [4.78, 5) is 0. The summed E-state index contributed by atoms with van der Waals surface area (Å²) >= 11 is 3.60. The minimum atomic E-state index is -0.157. The maximum absolute atomic E-state index is 9.88. The number of aryl methyl sites for hydroxylation is 1. The summed E-state index contributed by atoms with van der Waals surface area (Å²) in [5.74, 6) is 0. The van der Waals surface area contributed by atoms with Crippen molar-refractivity contribution in [3.05, 3.63) is 15.9 Å². The molecule has 2 N–H and O–H groups in total. The molecule has 0 aliphatic heterocycles. The van der Waals surface area contributed by atoms with E-state index in [1.165, 1.54) is 5.69 Å². The van der Waals surface area contributed by atoms with Crippen LogP contribution in [-0.4, -0.2) is 33.1 Å². The molecule has 0 aromatic carbocycles. The molecule has 2 unspecified atom stereocenters. The molecule has 114 valence electrons. The van der Waals surface area contributed by atoms with Gasteiger partial charge in [0.1, 0.15) is 0 Å². The highest BCUT2D eigenvalue weighted by atomic mass is 79.9. The molecule has 0 amide bonds. The third kappa shape index (κ3) is 3.10. The highest BCUT2D eigenvalue weighted by Gasteiger charge is 2.37. The lowest BCUT2D eigenvalue weighted by Gasteiger charge is -2.42. The van der Waals surface area contributed by atoms with Gasteiger partial charge in [-0.3, -0.25) is 4.68 Å². The van der Waals surface area contributed by atoms with Gasteiger partial charge in [0.25, 0.3) is 0 Å². The van der Waals surface area contributed by atoms with Crippen molar-refractivity contribution in [2.24, 2.45) is 0 Å². The minimum Gasteiger partial charge on any atom is -0.394 e. The molecule has 1 aromatic rings. The number of nitrogens with one attached hydrogen (secondary N) is 1. The molecule has 0 saturated heterocycles. The SMILES string of the molecule is Cc1nn(C2CCCC(CO)(NC(C)C)C2)c(C)c1Br. The Hall–Kier alpha value is -0.390. The molecule has 1 fully saturated rings. The summed E-state index contributed by atoms with van der Waals surface area (Å²) in [7, 11) is 0. The quantitative estimate of drug-likeness (QED) is 0.882. The van der Waals surface area contributed by atoms with Crippen LogP contribution in [0.3, 0.4) is 0 Å². The standard InChI is InChI=1S/C15H26BrN3O/c1-10(2)17-15(9-20)7-5-6-13(8-15)19-12(4)14(16)11(3)18-19/h10,13,17,20H,5-9H2,1-4H3. The van der Waals surface area contributed by atoms with Gasteiger partial charge in [-0.2, -0.15) is 5.10 Å². The van der Waals surface area contributed by atoms with Gasteiger partial charge in [-0.15, -0.1) is 0 Å². The number of aliphatic hydroxyl groups excluding tert-OH is 1. The maximum Gasteiger partial charge on any atom is 0.0738 e. The van der Waals surface area contributed by atoms with Gasteiger partial charge >= 0.3 is 0 Å². The van der Waals surface area contributed by atoms with E-state index in [1.54, 1.807) is 0 Å². The van der Waals surface area contributed by atoms with Crippen LogP contribution in [0.15, 0.2) is 4.47 Å². The van der Waals surface area contributed by atoms with Gasteiger partial charge in [-0.25, -0.2) is 0 Å². The monoisotopic (exact) mass is 343 g/mol. The molecule has 20 heavy (non-hydrogen) atoms. The fourth-order valence-electron chi connectivity index (χ4n) is 3.47. The van der Waals surface area contributed by atoms with Crippen molar-refractivity contribution in [1.82, 2.24) is 15.1 Å². The van der Waals surface area contributed by atoms with E-state index in [-0.39, 0.29) is 12.1 Å². The Morgan fingerprint density at radius 1 is 1.50 bits per heavy atom. The molecule has 1 saturated carbocycles. The third-order valence-electron chi connectivity index (χ3n) is 4.30. The molecule has 0 spiro atoms. The van der Waals surface area contributed by atoms with Crippen molar-refractivity contribution in [2.75, 3.05) is 6.61 Å². The summed E-state index contributed by atoms with van der Waals surface area (Å²) in [6.07, 6.45) is 4.24. The zero-order valence-electron chi connectivity index (χ0n) is 12.9. The highest BCUT2D eigenvalue weighted by Crippen LogP contribution is 2.37. The first-order valence-corrected chi connectivity index (χ1v) is 8.27. The lowest BCUT2D eigenvalue weighted by molar-refractivity contribution is 0.0867. The molecule has 0 bridgehead atoms. The van der Waals surface area contributed by atoms with Crippen LogP contribution in [0.25, 0.3) is 0 Å². The lowest BCUT2D eigenvalue weighted by Crippen LogP contribution is -2.54. The fraction of sp³-hybridized carbons (Fsp3) is 0.800. The van der Waals surface area contributed by atoms with Crippen LogP contribution >= 0.6 is 15.9 Å². The van der Waals surface area contributed by atoms with Crippen molar-refractivity contribution in [1.29, 1.82) is 0 Å². The normalized spacial score (nSPS) is 27.2. The molecule has 2 atom stereocenters. The smallest absolute Gasteiger partial charge is 0.0738 e. The van der Waals surface area contributed by atoms with Crippen LogP contribution < -0.4 is 5.32 Å². The number of aromatic nitrogens is 2. The van der Waals surface area contributed by atoms with Crippen LogP contribution in [0.1, 0.15) is 57.0 Å². The van der Waals surface area contributed by atoms with E-state index in [2.05, 4.69) is 51.8 Å². The minimum absolute atomic E-state index is 0.157. The molecule has 4 nitrogen and oxygen atoms in total. The van der Waals surface area contributed by atoms with Gasteiger partial charge in [0.2, 0.25) is 0 Å². The number of rotatable bonds is 4. The maximum atomic E-state index is 9.88. The fourth-order valence-corrected chi connectivity index (χ4v) is 3.73. The Labute approximate surface area is 130 Å². The molecule has 5 heteroatoms. The summed E-state index contributed by atoms with van der Waals surface area (Å²) in [5.41, 5.74) is 2.07. The number of halogens is 1. The number of nitrogens with zero attached hydrogens (tertiary/aromatic N) is 2. The van der Waals surface area contributed by atoms with E-state index in [0.29, 0.717) is 12.1 Å². The average molecular weight is 344 g/mol. The van der Waals surface area contributed by atoms with E-state index in [0.717, 1.165) is 35.8 Å². The van der Waals surface area contributed by atoms with E-state index >= 15 is 0 Å². The topological polar surface area (TPSA) is 50.1 Å². The molecule has 0 radical (unpaired) electrons. The van der Waals surface area contributed by atoms with Crippen LogP contribution in [-0.2, 0) is 0 Å². The number of hydrogen-bond donors (Lipinski definition) is 2. The van der Waals surface area contributed by atoms with Crippen molar-refractivity contribution in [2.45, 2.75) is 71.0 Å². The van der Waals surface area contributed by atoms with Gasteiger partial charge in [-0.05, 0) is 55.5 Å². The van der Waals surface area contributed by atoms with Crippen molar-refractivity contribution < 1.29 is 5.11 Å². The van der Waals surface area contributed by atoms with Gasteiger partial charge in [-0.1, -0.05) is 13.8 Å². The molecule has 1 aliphatic rings. The van der Waals surface area contributed by atoms with Crippen molar-refractivity contribution in [3.63, 3.8) is 0 Å². The molecule has 2 rings (SSSR count). The van der Waals surface area contributed by atoms with Crippen LogP contribution in [0.4, 0.5) is 0 Å². The summed E-state index contributed by atoms with van der Waals surface area (Å²) < 4.78 is 3.25. The highest BCUT2D eigenvalue weighted by molar-refractivity contribution is 9.10. The Bertz CT molecular complexity index is 472. The Morgan fingerprint density at radius 2 is 2.20 bits per heavy atom. The number of hydrogen-bond acceptors (Lipinski definition) is 3. The zero-order valence-corrected chi connectivity index (χ0v) is 14.5. The second-order valence-electron chi connectivity index (χ2n) is 6.42. The van der Waals surface area contributed by atoms with Crippen molar-refractivity contribution >= 4 is 15.9 Å². The predicted octanol–water partition coefficient (Wildman–Crippen LogP) is 3.11. The largest absolute Gasteiger partial charge is 0.394 e. The van der Waals surface area contributed by atoms with Crippen LogP contribution in [0, 0.1) is 13.8 Å². The third-order valence-corrected chi connectivity index (χ3v) is 5.45.